The number of nitrogens with two attached hydrogens (primary N) is 5. The second-order valence-corrected chi connectivity index (χ2v) is 35.1. The third-order valence-corrected chi connectivity index (χ3v) is 23.4. The average molecular weight is 1980 g/mol. The maximum Gasteiger partial charge on any atom is 0.326 e. The zero-order valence-electron chi connectivity index (χ0n) is 77.0. The number of rotatable bonds is 58. The molecule has 7 rings (SSSR count). The van der Waals surface area contributed by atoms with Gasteiger partial charge in [0.2, 0.25) is 106 Å². The Morgan fingerprint density at radius 1 is 0.424 bits per heavy atom. The highest BCUT2D eigenvalue weighted by atomic mass is 32.1. The summed E-state index contributed by atoms with van der Waals surface area (Å²) in [6.07, 6.45) is -3.11. The van der Waals surface area contributed by atoms with Gasteiger partial charge in [-0.25, -0.2) is 4.79 Å². The molecular weight excluding hydrogens is 1860 g/mol. The zero-order valence-corrected chi connectivity index (χ0v) is 78.8. The number of carbonyl (C=O) groups excluding carboxylic acids is 18. The van der Waals surface area contributed by atoms with Gasteiger partial charge in [0.1, 0.15) is 84.6 Å². The SMILES string of the molecule is CC(C)C[C@H](NC(=O)[C@@H]1CCCN1C(=O)[C@H](CC(N)=O)NC(=O)[C@H](CS)NC(=O)[C@@H](NC(=O)[C@H](Cc1c[nH]c2ccccc12)NC(=O)[C@H](CCC(N)=O)NC(=O)[C@H](CC(N)=O)NC(=O)[C@H](CCCCN)NC(=O)CNC(=O)[C@H](Cc1c[nH]c2ccccc12)NC(=O)[C@H](CCC(=O)O)NC(=O)[C@H](CS)NC(=O)[C@@H](NC(=O)[C@H](Cc1c[nH]c2ccccc12)NC(=O)[C@@H](N)CC(=O)O)C(C)C)[C@@H](C)O)C(=O)O. The number of para-hydroxylation sites is 3. The largest absolute Gasteiger partial charge is 0.481 e. The monoisotopic (exact) mass is 1980 g/mol. The summed E-state index contributed by atoms with van der Waals surface area (Å²) in [6, 6.07) is -4.67. The molecule has 0 radical (unpaired) electrons. The number of carboxylic acid groups (broad SMARTS) is 3. The van der Waals surface area contributed by atoms with Crippen LogP contribution in [0.4, 0.5) is 0 Å². The number of H-pyrrole nitrogens is 3. The minimum absolute atomic E-state index is 0.0493. The van der Waals surface area contributed by atoms with E-state index in [-0.39, 0.29) is 70.4 Å². The molecule has 6 aromatic rings. The minimum atomic E-state index is -2.02. The van der Waals surface area contributed by atoms with E-state index in [1.807, 2.05) is 0 Å². The summed E-state index contributed by atoms with van der Waals surface area (Å²) in [5, 5.41) is 76.0. The van der Waals surface area contributed by atoms with E-state index in [0.29, 0.717) is 49.4 Å². The molecule has 50 heteroatoms. The fraction of sp³-hybridized carbons (Fsp3) is 0.494. The lowest BCUT2D eigenvalue weighted by Crippen LogP contribution is -2.62. The van der Waals surface area contributed by atoms with Gasteiger partial charge < -0.3 is 143 Å². The number of aromatic amines is 3. The minimum Gasteiger partial charge on any atom is -0.481 e. The lowest BCUT2D eigenvalue weighted by Gasteiger charge is -2.30. The van der Waals surface area contributed by atoms with Gasteiger partial charge in [0, 0.05) is 101 Å². The number of likely N-dealkylation sites (tertiary alicyclic amines) is 1. The van der Waals surface area contributed by atoms with E-state index in [1.54, 1.807) is 107 Å². The van der Waals surface area contributed by atoms with E-state index in [2.05, 4.69) is 115 Å². The molecule has 18 amide bonds. The molecular formula is C89H123N23O25S2. The normalized spacial score (nSPS) is 15.7. The maximum absolute atomic E-state index is 14.9. The van der Waals surface area contributed by atoms with Crippen LogP contribution >= 0.6 is 25.3 Å². The summed E-state index contributed by atoms with van der Waals surface area (Å²) >= 11 is 8.50. The number of aliphatic carboxylic acids is 3. The number of amides is 18. The first-order valence-electron chi connectivity index (χ1n) is 44.9. The molecule has 756 valence electrons. The summed E-state index contributed by atoms with van der Waals surface area (Å²) in [6.45, 7) is 6.66. The van der Waals surface area contributed by atoms with Crippen LogP contribution in [-0.2, 0) is 120 Å². The fourth-order valence-electron chi connectivity index (χ4n) is 15.4. The van der Waals surface area contributed by atoms with E-state index in [9.17, 15) is 121 Å². The lowest BCUT2D eigenvalue weighted by atomic mass is 10.00. The Hall–Kier alpha value is -14.3. The molecule has 0 spiro atoms. The molecule has 3 aromatic heterocycles. The number of aliphatic hydroxyl groups is 1. The van der Waals surface area contributed by atoms with Crippen molar-refractivity contribution in [1.82, 2.24) is 94.3 Å². The van der Waals surface area contributed by atoms with Crippen molar-refractivity contribution in [3.8, 4) is 0 Å². The van der Waals surface area contributed by atoms with Gasteiger partial charge in [-0.2, -0.15) is 25.3 Å². The molecule has 0 aliphatic carbocycles. The standard InChI is InChI=1S/C89H123N23O25S2/c1-42(2)29-63(89(136)137)107-85(132)66-22-14-28-112(66)88(135)62(35-69(94)116)106-84(131)65(41-139)109-87(134)74(44(5)113)111-82(129)60(32-47-38-97-54-20-11-8-17-50(47)54)104-78(125)56(23-25-67(92)114)100-80(127)61(34-68(93)115)105-77(124)55(21-12-13-27-90)99-70(117)39-98-76(123)58(30-45-36-95-52-18-9-6-15-48(45)52)103-79(126)57(24-26-71(118)119)101-83(130)64(40-138)108-86(133)73(43(3)4)110-81(128)59(102-75(122)51(91)33-72(120)121)31-46-37-96-53-19-10-7-16-49(46)53/h6-11,15-20,36-38,42-44,51,55-66,73-74,95-97,113,138-139H,12-14,21-35,39-41,90-91H2,1-5H3,(H2,92,114)(H2,93,115)(H2,94,116)(H,98,123)(H,99,117)(H,100,127)(H,101,130)(H,102,122)(H,103,126)(H,104,125)(H,105,124)(H,106,131)(H,107,132)(H,108,133)(H,109,134)(H,110,128)(H,111,129)(H,118,119)(H,120,121)(H,136,137)/t44-,51+,55+,56+,57+,58+,59+,60+,61+,62+,63+,64+,65+,66+,73+,74+/m1/s1. The molecule has 0 saturated carbocycles. The number of benzene rings is 3. The smallest absolute Gasteiger partial charge is 0.326 e. The highest BCUT2D eigenvalue weighted by Crippen LogP contribution is 2.26. The predicted octanol–water partition coefficient (Wildman–Crippen LogP) is -5.59. The van der Waals surface area contributed by atoms with Crippen LogP contribution in [0, 0.1) is 11.8 Å². The number of hydrogen-bond acceptors (Lipinski definition) is 26. The molecule has 31 N–H and O–H groups in total. The zero-order chi connectivity index (χ0) is 103. The summed E-state index contributed by atoms with van der Waals surface area (Å²) in [4.78, 5) is 298. The maximum atomic E-state index is 14.9. The first-order valence-corrected chi connectivity index (χ1v) is 46.1. The third kappa shape index (κ3) is 34.1. The highest BCUT2D eigenvalue weighted by Gasteiger charge is 2.43. The van der Waals surface area contributed by atoms with E-state index in [4.69, 9.17) is 28.7 Å². The van der Waals surface area contributed by atoms with E-state index >= 15 is 0 Å². The Bertz CT molecular complexity index is 5450. The Morgan fingerprint density at radius 3 is 1.25 bits per heavy atom. The summed E-state index contributed by atoms with van der Waals surface area (Å²) in [7, 11) is 0. The van der Waals surface area contributed by atoms with Crippen LogP contribution in [-0.4, -0.2) is 292 Å². The summed E-state index contributed by atoms with van der Waals surface area (Å²) < 4.78 is 0. The molecule has 48 nitrogen and oxygen atoms in total. The second-order valence-electron chi connectivity index (χ2n) is 34.4. The lowest BCUT2D eigenvalue weighted by molar-refractivity contribution is -0.145. The number of aromatic nitrogens is 3. The third-order valence-electron chi connectivity index (χ3n) is 22.7. The topological polar surface area (TPSA) is 789 Å². The van der Waals surface area contributed by atoms with Crippen LogP contribution in [0.2, 0.25) is 0 Å². The van der Waals surface area contributed by atoms with Gasteiger partial charge >= 0.3 is 17.9 Å². The molecule has 4 heterocycles. The van der Waals surface area contributed by atoms with Crippen LogP contribution in [0.25, 0.3) is 32.7 Å². The number of primary amides is 3. The average Bonchev–Trinajstić information content (AvgIpc) is 1.70. The van der Waals surface area contributed by atoms with Gasteiger partial charge in [-0.3, -0.25) is 95.9 Å². The number of nitrogens with zero attached hydrogens (tertiary/aromatic N) is 1. The van der Waals surface area contributed by atoms with Crippen molar-refractivity contribution in [3.05, 3.63) is 108 Å². The molecule has 16 atom stereocenters. The number of carboxylic acids is 3. The molecule has 0 bridgehead atoms. The van der Waals surface area contributed by atoms with Crippen LogP contribution in [0.3, 0.4) is 0 Å². The van der Waals surface area contributed by atoms with E-state index in [1.165, 1.54) is 12.4 Å². The number of unbranched alkanes of at least 4 members (excludes halogenated alkanes) is 1. The highest BCUT2D eigenvalue weighted by molar-refractivity contribution is 7.80. The first kappa shape index (κ1) is 112. The quantitative estimate of drug-likeness (QED) is 0.0125. The number of carbonyl (C=O) groups is 21. The van der Waals surface area contributed by atoms with Crippen molar-refractivity contribution in [2.45, 2.75) is 234 Å². The number of nitrogens with one attached hydrogen (secondary N) is 17. The molecule has 139 heavy (non-hydrogen) atoms. The van der Waals surface area contributed by atoms with Gasteiger partial charge in [-0.1, -0.05) is 82.3 Å². The number of thiol groups is 2. The van der Waals surface area contributed by atoms with Gasteiger partial charge in [-0.15, -0.1) is 0 Å². The molecule has 1 saturated heterocycles. The molecule has 3 aromatic carbocycles. The number of hydrogen-bond donors (Lipinski definition) is 28. The van der Waals surface area contributed by atoms with Crippen molar-refractivity contribution in [2.75, 3.05) is 31.1 Å². The van der Waals surface area contributed by atoms with Crippen molar-refractivity contribution >= 4 is 182 Å². The molecule has 1 fully saturated rings. The van der Waals surface area contributed by atoms with Crippen molar-refractivity contribution < 1.29 is 121 Å². The van der Waals surface area contributed by atoms with E-state index in [0.717, 1.165) is 11.8 Å². The van der Waals surface area contributed by atoms with Gasteiger partial charge in [0.25, 0.3) is 0 Å². The van der Waals surface area contributed by atoms with E-state index < -0.39 is 296 Å². The fourth-order valence-corrected chi connectivity index (χ4v) is 15.9. The van der Waals surface area contributed by atoms with Crippen LogP contribution in [0.1, 0.15) is 135 Å². The molecule has 1 aliphatic rings. The van der Waals surface area contributed by atoms with Gasteiger partial charge in [0.05, 0.1) is 38.0 Å². The Kier molecular flexibility index (Phi) is 43.4. The summed E-state index contributed by atoms with van der Waals surface area (Å²) in [5.41, 5.74) is 31.5. The number of aliphatic hydroxyl groups excluding tert-OH is 1. The predicted molar refractivity (Wildman–Crippen MR) is 506 cm³/mol. The number of fused-ring (bicyclic) bond motifs is 3. The molecule has 0 unspecified atom stereocenters. The Balaban J connectivity index is 1.06. The Morgan fingerprint density at radius 2 is 0.820 bits per heavy atom. The van der Waals surface area contributed by atoms with Gasteiger partial charge in [-0.05, 0) is 112 Å². The van der Waals surface area contributed by atoms with Crippen LogP contribution < -0.4 is 103 Å². The molecule has 1 aliphatic heterocycles. The summed E-state index contributed by atoms with van der Waals surface area (Å²) in [5.74, 6) is -25.9. The van der Waals surface area contributed by atoms with Crippen molar-refractivity contribution in [1.29, 1.82) is 0 Å². The van der Waals surface area contributed by atoms with Crippen molar-refractivity contribution in [3.63, 3.8) is 0 Å². The Labute approximate surface area is 807 Å². The first-order chi connectivity index (χ1) is 65.8. The van der Waals surface area contributed by atoms with Crippen molar-refractivity contribution in [2.24, 2.45) is 40.5 Å². The second kappa shape index (κ2) is 54.0. The van der Waals surface area contributed by atoms with Gasteiger partial charge in [0.15, 0.2) is 0 Å². The van der Waals surface area contributed by atoms with Crippen LogP contribution in [0.15, 0.2) is 91.4 Å². The van der Waals surface area contributed by atoms with Crippen LogP contribution in [0.5, 0.6) is 0 Å².